The molecule has 1 N–H and O–H groups in total. The number of likely N-dealkylation sites (tertiary alicyclic amines) is 1. The summed E-state index contributed by atoms with van der Waals surface area (Å²) in [4.78, 5) is 17.8. The van der Waals surface area contributed by atoms with Crippen LogP contribution in [0.15, 0.2) is 52.9 Å². The van der Waals surface area contributed by atoms with E-state index in [1.54, 1.807) is 36.4 Å². The van der Waals surface area contributed by atoms with Gasteiger partial charge >= 0.3 is 5.97 Å². The molecule has 0 spiro atoms. The molecule has 0 amide bonds. The number of carboxylic acid groups (broad SMARTS) is 1. The van der Waals surface area contributed by atoms with Gasteiger partial charge in [-0.2, -0.15) is 0 Å². The molecule has 172 valence electrons. The average Bonchev–Trinajstić information content (AvgIpc) is 3.39. The summed E-state index contributed by atoms with van der Waals surface area (Å²) in [7, 11) is 0. The van der Waals surface area contributed by atoms with E-state index in [9.17, 15) is 14.3 Å². The van der Waals surface area contributed by atoms with E-state index in [1.807, 2.05) is 6.07 Å². The van der Waals surface area contributed by atoms with Crippen LogP contribution in [-0.4, -0.2) is 34.0 Å². The molecule has 0 unspecified atom stereocenters. The van der Waals surface area contributed by atoms with E-state index in [0.717, 1.165) is 12.0 Å². The SMILES string of the molecule is O=C(O)C1CN([C@H]2CCc3c2cc2nc(-c4cccc(-c5ccccc5F)c4Cl)oc2c3F)C1. The molecule has 0 radical (unpaired) electrons. The molecule has 8 heteroatoms. The van der Waals surface area contributed by atoms with Gasteiger partial charge in [-0.1, -0.05) is 41.9 Å². The van der Waals surface area contributed by atoms with Crippen molar-refractivity contribution >= 4 is 28.7 Å². The van der Waals surface area contributed by atoms with Gasteiger partial charge in [0.05, 0.1) is 16.5 Å². The standard InChI is InChI=1S/C26H19ClF2N2O3/c27-22-15(14-4-1-2-7-19(14)28)5-3-6-17(22)25-30-20-10-18-16(23(29)24(20)34-25)8-9-21(18)31-11-13(12-31)26(32)33/h1-7,10,13,21H,8-9,11-12H2,(H,32,33)/t21-/m0/s1. The Labute approximate surface area is 198 Å². The summed E-state index contributed by atoms with van der Waals surface area (Å²) in [5, 5.41) is 9.44. The van der Waals surface area contributed by atoms with Crippen LogP contribution in [0.1, 0.15) is 23.6 Å². The molecular weight excluding hydrogens is 462 g/mol. The fraction of sp³-hybridized carbons (Fsp3) is 0.231. The smallest absolute Gasteiger partial charge is 0.309 e. The summed E-state index contributed by atoms with van der Waals surface area (Å²) in [6, 6.07) is 13.3. The van der Waals surface area contributed by atoms with E-state index in [4.69, 9.17) is 16.0 Å². The van der Waals surface area contributed by atoms with Gasteiger partial charge in [-0.05, 0) is 42.2 Å². The largest absolute Gasteiger partial charge is 0.481 e. The number of carboxylic acids is 1. The molecule has 3 aromatic carbocycles. The minimum absolute atomic E-state index is 0.0300. The second-order valence-electron chi connectivity index (χ2n) is 8.82. The van der Waals surface area contributed by atoms with Crippen molar-refractivity contribution in [2.45, 2.75) is 18.9 Å². The second-order valence-corrected chi connectivity index (χ2v) is 9.19. The number of nitrogens with zero attached hydrogens (tertiary/aromatic N) is 2. The fourth-order valence-electron chi connectivity index (χ4n) is 5.08. The topological polar surface area (TPSA) is 66.6 Å². The Kier molecular flexibility index (Phi) is 4.93. The van der Waals surface area contributed by atoms with Crippen LogP contribution in [0.25, 0.3) is 33.7 Å². The van der Waals surface area contributed by atoms with Gasteiger partial charge in [-0.25, -0.2) is 13.8 Å². The Balaban J connectivity index is 1.40. The van der Waals surface area contributed by atoms with Crippen LogP contribution < -0.4 is 0 Å². The second kappa shape index (κ2) is 7.89. The summed E-state index contributed by atoms with van der Waals surface area (Å²) >= 11 is 6.63. The lowest BCUT2D eigenvalue weighted by atomic mass is 9.95. The van der Waals surface area contributed by atoms with Crippen LogP contribution in [0.2, 0.25) is 5.02 Å². The van der Waals surface area contributed by atoms with Crippen molar-refractivity contribution in [3.05, 3.63) is 76.3 Å². The minimum atomic E-state index is -0.799. The highest BCUT2D eigenvalue weighted by Gasteiger charge is 2.41. The Hall–Kier alpha value is -3.29. The fourth-order valence-corrected chi connectivity index (χ4v) is 5.38. The van der Waals surface area contributed by atoms with Gasteiger partial charge in [0.1, 0.15) is 11.3 Å². The van der Waals surface area contributed by atoms with Crippen molar-refractivity contribution < 1.29 is 23.1 Å². The predicted octanol–water partition coefficient (Wildman–Crippen LogP) is 6.10. The summed E-state index contributed by atoms with van der Waals surface area (Å²) in [5.74, 6) is -1.85. The molecule has 1 aliphatic heterocycles. The first-order valence-corrected chi connectivity index (χ1v) is 11.4. The first-order valence-electron chi connectivity index (χ1n) is 11.0. The molecule has 1 fully saturated rings. The zero-order valence-corrected chi connectivity index (χ0v) is 18.6. The van der Waals surface area contributed by atoms with Gasteiger partial charge in [0, 0.05) is 30.3 Å². The quantitative estimate of drug-likeness (QED) is 0.382. The van der Waals surface area contributed by atoms with E-state index in [-0.39, 0.29) is 28.5 Å². The van der Waals surface area contributed by atoms with Crippen LogP contribution >= 0.6 is 11.6 Å². The van der Waals surface area contributed by atoms with Crippen molar-refractivity contribution in [3.63, 3.8) is 0 Å². The number of halogens is 3. The van der Waals surface area contributed by atoms with Crippen molar-refractivity contribution in [2.24, 2.45) is 5.92 Å². The van der Waals surface area contributed by atoms with Crippen LogP contribution in [-0.2, 0) is 11.2 Å². The Morgan fingerprint density at radius 1 is 1.09 bits per heavy atom. The molecule has 34 heavy (non-hydrogen) atoms. The van der Waals surface area contributed by atoms with Gasteiger partial charge in [0.25, 0.3) is 0 Å². The van der Waals surface area contributed by atoms with E-state index < -0.39 is 17.6 Å². The highest BCUT2D eigenvalue weighted by molar-refractivity contribution is 6.36. The maximum Gasteiger partial charge on any atom is 0.309 e. The van der Waals surface area contributed by atoms with E-state index in [0.29, 0.717) is 47.3 Å². The van der Waals surface area contributed by atoms with Crippen molar-refractivity contribution in [1.82, 2.24) is 9.88 Å². The van der Waals surface area contributed by atoms with Crippen molar-refractivity contribution in [3.8, 4) is 22.6 Å². The number of rotatable bonds is 4. The van der Waals surface area contributed by atoms with Gasteiger partial charge in [-0.15, -0.1) is 0 Å². The Morgan fingerprint density at radius 3 is 2.59 bits per heavy atom. The number of carbonyl (C=O) groups is 1. The zero-order valence-electron chi connectivity index (χ0n) is 17.9. The van der Waals surface area contributed by atoms with Gasteiger partial charge < -0.3 is 9.52 Å². The van der Waals surface area contributed by atoms with Crippen molar-refractivity contribution in [2.75, 3.05) is 13.1 Å². The number of oxazole rings is 1. The van der Waals surface area contributed by atoms with Crippen LogP contribution in [0.3, 0.4) is 0 Å². The number of hydrogen-bond acceptors (Lipinski definition) is 4. The third kappa shape index (κ3) is 3.22. The molecule has 6 rings (SSSR count). The number of benzene rings is 3. The molecule has 0 bridgehead atoms. The summed E-state index contributed by atoms with van der Waals surface area (Å²) in [6.45, 7) is 0.920. The van der Waals surface area contributed by atoms with Crippen LogP contribution in [0.4, 0.5) is 8.78 Å². The molecule has 1 aromatic heterocycles. The first kappa shape index (κ1) is 21.3. The number of fused-ring (bicyclic) bond motifs is 2. The van der Waals surface area contributed by atoms with Crippen LogP contribution in [0.5, 0.6) is 0 Å². The molecule has 1 saturated heterocycles. The minimum Gasteiger partial charge on any atom is -0.481 e. The first-order chi connectivity index (χ1) is 16.4. The third-order valence-corrected chi connectivity index (χ3v) is 7.29. The summed E-state index contributed by atoms with van der Waals surface area (Å²) < 4.78 is 35.6. The lowest BCUT2D eigenvalue weighted by Gasteiger charge is -2.41. The summed E-state index contributed by atoms with van der Waals surface area (Å²) in [5.41, 5.74) is 3.16. The molecule has 2 heterocycles. The van der Waals surface area contributed by atoms with Crippen molar-refractivity contribution in [1.29, 1.82) is 0 Å². The maximum atomic E-state index is 15.4. The maximum absolute atomic E-state index is 15.4. The van der Waals surface area contributed by atoms with Gasteiger partial charge in [-0.3, -0.25) is 9.69 Å². The summed E-state index contributed by atoms with van der Waals surface area (Å²) in [6.07, 6.45) is 1.28. The van der Waals surface area contributed by atoms with Gasteiger partial charge in [0.15, 0.2) is 11.4 Å². The lowest BCUT2D eigenvalue weighted by Crippen LogP contribution is -2.51. The molecule has 1 atom stereocenters. The molecule has 1 aliphatic carbocycles. The number of hydrogen-bond donors (Lipinski definition) is 1. The predicted molar refractivity (Wildman–Crippen MR) is 124 cm³/mol. The highest BCUT2D eigenvalue weighted by atomic mass is 35.5. The third-order valence-electron chi connectivity index (χ3n) is 6.88. The molecule has 0 saturated carbocycles. The molecule has 5 nitrogen and oxygen atoms in total. The normalized spacial score (nSPS) is 18.3. The van der Waals surface area contributed by atoms with Gasteiger partial charge in [0.2, 0.25) is 5.89 Å². The van der Waals surface area contributed by atoms with E-state index in [2.05, 4.69) is 9.88 Å². The Bertz CT molecular complexity index is 1460. The molecule has 4 aromatic rings. The monoisotopic (exact) mass is 480 g/mol. The highest BCUT2D eigenvalue weighted by Crippen LogP contribution is 2.44. The van der Waals surface area contributed by atoms with Crippen LogP contribution in [0, 0.1) is 17.6 Å². The van der Waals surface area contributed by atoms with E-state index >= 15 is 4.39 Å². The molecular formula is C26H19ClF2N2O3. The van der Waals surface area contributed by atoms with E-state index in [1.165, 1.54) is 6.07 Å². The number of aromatic nitrogens is 1. The molecule has 2 aliphatic rings. The number of aliphatic carboxylic acids is 1. The zero-order chi connectivity index (χ0) is 23.6. The average molecular weight is 481 g/mol. The lowest BCUT2D eigenvalue weighted by molar-refractivity contribution is -0.148. The Morgan fingerprint density at radius 2 is 1.82 bits per heavy atom.